The van der Waals surface area contributed by atoms with Gasteiger partial charge in [0.05, 0.1) is 0 Å². The molecule has 0 aromatic rings. The number of nitrogens with one attached hydrogen (secondary N) is 1. The van der Waals surface area contributed by atoms with Crippen LogP contribution in [0.4, 0.5) is 0 Å². The first-order valence-corrected chi connectivity index (χ1v) is 7.35. The van der Waals surface area contributed by atoms with Crippen LogP contribution in [0, 0.1) is 5.92 Å². The van der Waals surface area contributed by atoms with Gasteiger partial charge in [0.25, 0.3) is 0 Å². The number of ether oxygens (including phenoxy) is 1. The Morgan fingerprint density at radius 2 is 2.06 bits per heavy atom. The van der Waals surface area contributed by atoms with E-state index >= 15 is 0 Å². The average molecular weight is 240 g/mol. The highest BCUT2D eigenvalue weighted by Crippen LogP contribution is 2.27. The maximum atomic E-state index is 5.13. The van der Waals surface area contributed by atoms with Crippen molar-refractivity contribution in [1.29, 1.82) is 0 Å². The normalized spacial score (nSPS) is 28.4. The molecule has 0 aromatic carbocycles. The second-order valence-corrected chi connectivity index (χ2v) is 5.61. The van der Waals surface area contributed by atoms with E-state index in [0.717, 1.165) is 18.6 Å². The molecule has 2 rings (SSSR count). The molecule has 1 saturated carbocycles. The first-order valence-electron chi connectivity index (χ1n) is 7.35. The Labute approximate surface area is 106 Å². The molecular formula is C14H28N2O. The number of hydrogen-bond donors (Lipinski definition) is 1. The smallest absolute Gasteiger partial charge is 0.0474 e. The molecule has 17 heavy (non-hydrogen) atoms. The Morgan fingerprint density at radius 3 is 2.82 bits per heavy atom. The third-order valence-electron chi connectivity index (χ3n) is 4.33. The van der Waals surface area contributed by atoms with Crippen molar-refractivity contribution in [2.24, 2.45) is 5.92 Å². The van der Waals surface area contributed by atoms with Crippen LogP contribution in [0.2, 0.25) is 0 Å². The van der Waals surface area contributed by atoms with Gasteiger partial charge in [0, 0.05) is 45.9 Å². The van der Waals surface area contributed by atoms with Crippen LogP contribution in [0.3, 0.4) is 0 Å². The number of methoxy groups -OCH3 is 1. The summed E-state index contributed by atoms with van der Waals surface area (Å²) in [5.74, 6) is 0.939. The minimum atomic E-state index is 0.756. The summed E-state index contributed by atoms with van der Waals surface area (Å²) in [5, 5.41) is 3.74. The molecule has 1 aliphatic carbocycles. The molecule has 1 N–H and O–H groups in total. The van der Waals surface area contributed by atoms with Crippen LogP contribution in [0.1, 0.15) is 38.5 Å². The molecule has 0 bridgehead atoms. The van der Waals surface area contributed by atoms with Crippen molar-refractivity contribution in [1.82, 2.24) is 10.2 Å². The monoisotopic (exact) mass is 240 g/mol. The van der Waals surface area contributed by atoms with Gasteiger partial charge in [0.2, 0.25) is 0 Å². The number of nitrogens with zero attached hydrogens (tertiary/aromatic N) is 1. The molecule has 0 spiro atoms. The Morgan fingerprint density at radius 1 is 1.24 bits per heavy atom. The van der Waals surface area contributed by atoms with Crippen molar-refractivity contribution in [2.75, 3.05) is 39.9 Å². The fraction of sp³-hybridized carbons (Fsp3) is 1.00. The third kappa shape index (κ3) is 4.23. The Kier molecular flexibility index (Phi) is 5.75. The summed E-state index contributed by atoms with van der Waals surface area (Å²) in [6, 6.07) is 0.756. The third-order valence-corrected chi connectivity index (χ3v) is 4.33. The van der Waals surface area contributed by atoms with Gasteiger partial charge in [-0.3, -0.25) is 0 Å². The van der Waals surface area contributed by atoms with Gasteiger partial charge < -0.3 is 15.0 Å². The Balaban J connectivity index is 1.71. The first-order chi connectivity index (χ1) is 8.40. The summed E-state index contributed by atoms with van der Waals surface area (Å²) in [4.78, 5) is 2.62. The highest BCUT2D eigenvalue weighted by atomic mass is 16.5. The van der Waals surface area contributed by atoms with Gasteiger partial charge in [-0.25, -0.2) is 0 Å². The summed E-state index contributed by atoms with van der Waals surface area (Å²) in [6.07, 6.45) is 8.43. The maximum Gasteiger partial charge on any atom is 0.0474 e. The van der Waals surface area contributed by atoms with Crippen molar-refractivity contribution < 1.29 is 4.74 Å². The summed E-state index contributed by atoms with van der Waals surface area (Å²) >= 11 is 0. The largest absolute Gasteiger partial charge is 0.385 e. The molecule has 1 aliphatic heterocycles. The quantitative estimate of drug-likeness (QED) is 0.743. The van der Waals surface area contributed by atoms with Crippen molar-refractivity contribution in [3.63, 3.8) is 0 Å². The maximum absolute atomic E-state index is 5.13. The first kappa shape index (κ1) is 13.3. The van der Waals surface area contributed by atoms with Crippen LogP contribution < -0.4 is 5.32 Å². The van der Waals surface area contributed by atoms with Gasteiger partial charge in [0.1, 0.15) is 0 Å². The van der Waals surface area contributed by atoms with Crippen molar-refractivity contribution >= 4 is 0 Å². The van der Waals surface area contributed by atoms with Crippen LogP contribution in [0.25, 0.3) is 0 Å². The second kappa shape index (κ2) is 7.34. The Hall–Kier alpha value is -0.120. The van der Waals surface area contributed by atoms with E-state index in [4.69, 9.17) is 4.74 Å². The molecule has 0 amide bonds. The molecular weight excluding hydrogens is 212 g/mol. The van der Waals surface area contributed by atoms with Crippen molar-refractivity contribution in [3.8, 4) is 0 Å². The van der Waals surface area contributed by atoms with Gasteiger partial charge >= 0.3 is 0 Å². The minimum Gasteiger partial charge on any atom is -0.385 e. The summed E-state index contributed by atoms with van der Waals surface area (Å²) in [7, 11) is 1.79. The van der Waals surface area contributed by atoms with E-state index in [1.165, 1.54) is 64.7 Å². The van der Waals surface area contributed by atoms with E-state index in [-0.39, 0.29) is 0 Å². The van der Waals surface area contributed by atoms with Gasteiger partial charge in [-0.1, -0.05) is 19.3 Å². The summed E-state index contributed by atoms with van der Waals surface area (Å²) in [5.41, 5.74) is 0. The highest BCUT2D eigenvalue weighted by molar-refractivity contribution is 4.85. The molecule has 3 heteroatoms. The lowest BCUT2D eigenvalue weighted by Crippen LogP contribution is -2.54. The lowest BCUT2D eigenvalue weighted by molar-refractivity contribution is 0.127. The fourth-order valence-electron chi connectivity index (χ4n) is 3.33. The predicted molar refractivity (Wildman–Crippen MR) is 71.3 cm³/mol. The van der Waals surface area contributed by atoms with E-state index in [1.807, 2.05) is 0 Å². The van der Waals surface area contributed by atoms with Gasteiger partial charge in [-0.15, -0.1) is 0 Å². The topological polar surface area (TPSA) is 24.5 Å². The summed E-state index contributed by atoms with van der Waals surface area (Å²) < 4.78 is 5.13. The molecule has 100 valence electrons. The number of hydrogen-bond acceptors (Lipinski definition) is 3. The minimum absolute atomic E-state index is 0.756. The summed E-state index contributed by atoms with van der Waals surface area (Å²) in [6.45, 7) is 5.76. The predicted octanol–water partition coefficient (Wildman–Crippen LogP) is 1.88. The lowest BCUT2D eigenvalue weighted by Gasteiger charge is -2.39. The van der Waals surface area contributed by atoms with Crippen LogP contribution in [0.5, 0.6) is 0 Å². The molecule has 1 unspecified atom stereocenters. The molecule has 1 saturated heterocycles. The van der Waals surface area contributed by atoms with Crippen LogP contribution in [0.15, 0.2) is 0 Å². The zero-order chi connectivity index (χ0) is 11.9. The SMILES string of the molecule is COCCCN1CCNC(C2CCCCC2)C1. The zero-order valence-corrected chi connectivity index (χ0v) is 11.3. The fourth-order valence-corrected chi connectivity index (χ4v) is 3.33. The number of piperazine rings is 1. The van der Waals surface area contributed by atoms with Crippen LogP contribution >= 0.6 is 0 Å². The van der Waals surface area contributed by atoms with Crippen molar-refractivity contribution in [2.45, 2.75) is 44.6 Å². The molecule has 2 aliphatic rings. The molecule has 1 atom stereocenters. The van der Waals surface area contributed by atoms with E-state index < -0.39 is 0 Å². The van der Waals surface area contributed by atoms with E-state index in [2.05, 4.69) is 10.2 Å². The molecule has 1 heterocycles. The molecule has 0 radical (unpaired) electrons. The highest BCUT2D eigenvalue weighted by Gasteiger charge is 2.27. The van der Waals surface area contributed by atoms with Gasteiger partial charge in [-0.05, 0) is 25.2 Å². The number of rotatable bonds is 5. The molecule has 0 aromatic heterocycles. The standard InChI is InChI=1S/C14H28N2O/c1-17-11-5-9-16-10-8-15-14(12-16)13-6-3-2-4-7-13/h13-15H,2-12H2,1H3. The Bertz CT molecular complexity index is 204. The molecule has 2 fully saturated rings. The van der Waals surface area contributed by atoms with E-state index in [0.29, 0.717) is 0 Å². The van der Waals surface area contributed by atoms with E-state index in [1.54, 1.807) is 7.11 Å². The molecule has 3 nitrogen and oxygen atoms in total. The zero-order valence-electron chi connectivity index (χ0n) is 11.3. The second-order valence-electron chi connectivity index (χ2n) is 5.61. The van der Waals surface area contributed by atoms with Crippen LogP contribution in [-0.2, 0) is 4.74 Å². The van der Waals surface area contributed by atoms with Gasteiger partial charge in [0.15, 0.2) is 0 Å². The van der Waals surface area contributed by atoms with Gasteiger partial charge in [-0.2, -0.15) is 0 Å². The van der Waals surface area contributed by atoms with Crippen molar-refractivity contribution in [3.05, 3.63) is 0 Å². The average Bonchev–Trinajstić information content (AvgIpc) is 2.41. The van der Waals surface area contributed by atoms with E-state index in [9.17, 15) is 0 Å². The van der Waals surface area contributed by atoms with Crippen LogP contribution in [-0.4, -0.2) is 50.8 Å². The lowest BCUT2D eigenvalue weighted by atomic mass is 9.83.